The molecular weight excluding hydrogens is 246 g/mol. The van der Waals surface area contributed by atoms with Gasteiger partial charge in [0, 0.05) is 5.56 Å². The average Bonchev–Trinajstić information content (AvgIpc) is 2.06. The van der Waals surface area contributed by atoms with Crippen LogP contribution in [0.3, 0.4) is 0 Å². The zero-order valence-electron chi connectivity index (χ0n) is 6.88. The van der Waals surface area contributed by atoms with Gasteiger partial charge >= 0.3 is 6.18 Å². The van der Waals surface area contributed by atoms with Gasteiger partial charge in [-0.3, -0.25) is 0 Å². The maximum atomic E-state index is 12.8. The highest BCUT2D eigenvalue weighted by molar-refractivity contribution is 6.31. The van der Waals surface area contributed by atoms with Gasteiger partial charge in [-0.2, -0.15) is 13.2 Å². The molecule has 0 nitrogen and oxygen atoms in total. The number of alkyl halides is 5. The molecule has 0 spiro atoms. The lowest BCUT2D eigenvalue weighted by Crippen LogP contribution is -2.07. The maximum Gasteiger partial charge on any atom is 0.416 e. The molecule has 0 unspecified atom stereocenters. The Kier molecular flexibility index (Phi) is 3.18. The first kappa shape index (κ1) is 12.2. The molecule has 0 saturated heterocycles. The van der Waals surface area contributed by atoms with Crippen molar-refractivity contribution in [1.29, 1.82) is 0 Å². The van der Waals surface area contributed by atoms with Gasteiger partial charge < -0.3 is 0 Å². The second kappa shape index (κ2) is 3.92. The Labute approximate surface area is 85.5 Å². The second-order valence-corrected chi connectivity index (χ2v) is 3.04. The summed E-state index contributed by atoms with van der Waals surface area (Å²) in [5, 5.41) is -0.988. The molecule has 0 bridgehead atoms. The molecule has 0 saturated carbocycles. The third kappa shape index (κ3) is 2.56. The molecule has 1 rings (SSSR count). The van der Waals surface area contributed by atoms with Crippen molar-refractivity contribution in [3.8, 4) is 0 Å². The van der Waals surface area contributed by atoms with Crippen LogP contribution in [-0.4, -0.2) is 0 Å². The van der Waals surface area contributed by atoms with Crippen LogP contribution in [0.4, 0.5) is 26.3 Å². The molecule has 0 aliphatic rings. The zero-order chi connectivity index (χ0) is 11.8. The van der Waals surface area contributed by atoms with Crippen LogP contribution in [0.2, 0.25) is 5.02 Å². The molecule has 0 aromatic heterocycles. The van der Waals surface area contributed by atoms with E-state index in [1.54, 1.807) is 0 Å². The molecule has 0 aliphatic carbocycles. The van der Waals surface area contributed by atoms with Crippen molar-refractivity contribution in [2.24, 2.45) is 0 Å². The third-order valence-electron chi connectivity index (χ3n) is 1.62. The van der Waals surface area contributed by atoms with Crippen LogP contribution in [0.15, 0.2) is 12.1 Å². The summed E-state index contributed by atoms with van der Waals surface area (Å²) in [5.41, 5.74) is -2.65. The van der Waals surface area contributed by atoms with Crippen molar-refractivity contribution in [3.63, 3.8) is 0 Å². The minimum Gasteiger partial charge on any atom is -0.205 e. The van der Waals surface area contributed by atoms with Crippen LogP contribution >= 0.6 is 11.6 Å². The van der Waals surface area contributed by atoms with Gasteiger partial charge in [-0.25, -0.2) is 13.2 Å². The van der Waals surface area contributed by atoms with E-state index in [-0.39, 0.29) is 12.1 Å². The van der Waals surface area contributed by atoms with Gasteiger partial charge in [0.05, 0.1) is 10.6 Å². The lowest BCUT2D eigenvalue weighted by Gasteiger charge is -2.10. The zero-order valence-corrected chi connectivity index (χ0v) is 7.63. The van der Waals surface area contributed by atoms with E-state index in [0.29, 0.717) is 0 Å². The van der Waals surface area contributed by atoms with Gasteiger partial charge in [0.25, 0.3) is 6.43 Å². The fourth-order valence-corrected chi connectivity index (χ4v) is 1.12. The molecule has 1 aromatic rings. The van der Waals surface area contributed by atoms with Gasteiger partial charge in [-0.1, -0.05) is 11.6 Å². The summed E-state index contributed by atoms with van der Waals surface area (Å²) in [6, 6.07) is 0.213. The molecule has 0 aliphatic heterocycles. The lowest BCUT2D eigenvalue weighted by molar-refractivity contribution is -0.137. The van der Waals surface area contributed by atoms with Crippen molar-refractivity contribution in [2.75, 3.05) is 0 Å². The second-order valence-electron chi connectivity index (χ2n) is 2.66. The van der Waals surface area contributed by atoms with Crippen molar-refractivity contribution in [2.45, 2.75) is 12.6 Å². The summed E-state index contributed by atoms with van der Waals surface area (Å²) in [5.74, 6) is -1.51. The van der Waals surface area contributed by atoms with Crippen molar-refractivity contribution in [3.05, 3.63) is 34.1 Å². The Morgan fingerprint density at radius 1 is 1.13 bits per heavy atom. The quantitative estimate of drug-likeness (QED) is 0.645. The maximum absolute atomic E-state index is 12.8. The molecule has 1 aromatic carbocycles. The Hall–Kier alpha value is -0.910. The van der Waals surface area contributed by atoms with E-state index < -0.39 is 34.6 Å². The topological polar surface area (TPSA) is 0 Å². The van der Waals surface area contributed by atoms with E-state index in [2.05, 4.69) is 0 Å². The SMILES string of the molecule is Fc1cc(C(F)(F)F)cc(C(F)F)c1Cl. The summed E-state index contributed by atoms with van der Waals surface area (Å²) >= 11 is 5.09. The molecule has 7 heteroatoms. The molecule has 0 atom stereocenters. The standard InChI is InChI=1S/C8H3ClF6/c9-6-4(7(11)12)1-3(2-5(6)10)8(13,14)15/h1-2,7H. The van der Waals surface area contributed by atoms with Crippen LogP contribution in [0, 0.1) is 5.82 Å². The Balaban J connectivity index is 3.36. The first-order valence-corrected chi connectivity index (χ1v) is 3.95. The van der Waals surface area contributed by atoms with Gasteiger partial charge in [0.15, 0.2) is 0 Å². The highest BCUT2D eigenvalue weighted by Gasteiger charge is 2.33. The predicted octanol–water partition coefficient (Wildman–Crippen LogP) is 4.44. The van der Waals surface area contributed by atoms with Gasteiger partial charge in [-0.05, 0) is 12.1 Å². The Bertz CT molecular complexity index is 370. The minimum atomic E-state index is -4.88. The van der Waals surface area contributed by atoms with Gasteiger partial charge in [0.2, 0.25) is 0 Å². The van der Waals surface area contributed by atoms with E-state index in [0.717, 1.165) is 0 Å². The van der Waals surface area contributed by atoms with E-state index in [4.69, 9.17) is 11.6 Å². The fourth-order valence-electron chi connectivity index (χ4n) is 0.933. The summed E-state index contributed by atoms with van der Waals surface area (Å²) in [7, 11) is 0. The van der Waals surface area contributed by atoms with E-state index in [1.807, 2.05) is 0 Å². The van der Waals surface area contributed by atoms with E-state index in [9.17, 15) is 26.3 Å². The molecule has 84 valence electrons. The fraction of sp³-hybridized carbons (Fsp3) is 0.250. The minimum absolute atomic E-state index is 0.0776. The summed E-state index contributed by atoms with van der Waals surface area (Å²) in [4.78, 5) is 0. The molecule has 0 amide bonds. The van der Waals surface area contributed by atoms with Crippen LogP contribution in [0.5, 0.6) is 0 Å². The van der Waals surface area contributed by atoms with Crippen molar-refractivity contribution in [1.82, 2.24) is 0 Å². The van der Waals surface area contributed by atoms with Crippen LogP contribution in [0.1, 0.15) is 17.6 Å². The van der Waals surface area contributed by atoms with Gasteiger partial charge in [0.1, 0.15) is 5.82 Å². The Morgan fingerprint density at radius 3 is 2.07 bits per heavy atom. The number of benzene rings is 1. The molecule has 0 radical (unpaired) electrons. The predicted molar refractivity (Wildman–Crippen MR) is 41.4 cm³/mol. The number of halogens is 7. The first-order valence-electron chi connectivity index (χ1n) is 3.57. The molecule has 0 heterocycles. The lowest BCUT2D eigenvalue weighted by atomic mass is 10.1. The average molecular weight is 249 g/mol. The first-order chi connectivity index (χ1) is 6.73. The van der Waals surface area contributed by atoms with Crippen molar-refractivity contribution >= 4 is 11.6 Å². The van der Waals surface area contributed by atoms with E-state index in [1.165, 1.54) is 0 Å². The molecule has 0 fully saturated rings. The summed E-state index contributed by atoms with van der Waals surface area (Å²) in [6.07, 6.45) is -8.14. The Morgan fingerprint density at radius 2 is 1.67 bits per heavy atom. The number of hydrogen-bond acceptors (Lipinski definition) is 0. The van der Waals surface area contributed by atoms with Crippen LogP contribution < -0.4 is 0 Å². The molecule has 15 heavy (non-hydrogen) atoms. The van der Waals surface area contributed by atoms with Crippen molar-refractivity contribution < 1.29 is 26.3 Å². The largest absolute Gasteiger partial charge is 0.416 e. The summed E-state index contributed by atoms with van der Waals surface area (Å²) < 4.78 is 73.3. The van der Waals surface area contributed by atoms with E-state index >= 15 is 0 Å². The third-order valence-corrected chi connectivity index (χ3v) is 2.02. The van der Waals surface area contributed by atoms with Crippen LogP contribution in [0.25, 0.3) is 0 Å². The normalized spacial score (nSPS) is 12.3. The summed E-state index contributed by atoms with van der Waals surface area (Å²) in [6.45, 7) is 0. The van der Waals surface area contributed by atoms with Crippen LogP contribution in [-0.2, 0) is 6.18 Å². The molecular formula is C8H3ClF6. The monoisotopic (exact) mass is 248 g/mol. The molecule has 0 N–H and O–H groups in total. The smallest absolute Gasteiger partial charge is 0.205 e. The number of rotatable bonds is 1. The van der Waals surface area contributed by atoms with Gasteiger partial charge in [-0.15, -0.1) is 0 Å². The highest BCUT2D eigenvalue weighted by Crippen LogP contribution is 2.36. The number of hydrogen-bond donors (Lipinski definition) is 0. The highest BCUT2D eigenvalue weighted by atomic mass is 35.5.